The molecule has 0 radical (unpaired) electrons. The first-order valence-corrected chi connectivity index (χ1v) is 26.4. The molecule has 6 aliphatic rings. The summed E-state index contributed by atoms with van der Waals surface area (Å²) in [5.41, 5.74) is -0.945. The van der Waals surface area contributed by atoms with E-state index in [2.05, 4.69) is 0 Å². The standard InChI is InChI=1S/2C20H27NO4.C20H25NO4/c3*1-14(15-8-6-5-7-9-15)21-12-20(18(23)25-19(2,3)4)13-24-11-10-16(20)17(21)22/h2*5-9,14,16H,10-13H2,1-4H3;5-10,14H,11-13H2,1-4H3/t14-,16+,20+;14-,16-,20+;14-,20+/m111/s1. The van der Waals surface area contributed by atoms with Crippen molar-refractivity contribution in [1.29, 1.82) is 0 Å². The number of hydrogen-bond acceptors (Lipinski definition) is 12. The van der Waals surface area contributed by atoms with Crippen LogP contribution in [0.2, 0.25) is 0 Å². The molecule has 9 rings (SSSR count). The highest BCUT2D eigenvalue weighted by atomic mass is 16.6. The van der Waals surface area contributed by atoms with Gasteiger partial charge in [0.2, 0.25) is 11.8 Å². The lowest BCUT2D eigenvalue weighted by molar-refractivity contribution is -0.180. The number of fused-ring (bicyclic) bond motifs is 3. The van der Waals surface area contributed by atoms with E-state index in [-0.39, 0.29) is 92.0 Å². The van der Waals surface area contributed by atoms with Gasteiger partial charge in [-0.25, -0.2) is 0 Å². The first-order valence-electron chi connectivity index (χ1n) is 26.4. The molecule has 75 heavy (non-hydrogen) atoms. The molecule has 0 N–H and O–H groups in total. The first kappa shape index (κ1) is 56.8. The van der Waals surface area contributed by atoms with Gasteiger partial charge in [0.1, 0.15) is 33.0 Å². The third kappa shape index (κ3) is 12.2. The van der Waals surface area contributed by atoms with E-state index < -0.39 is 33.0 Å². The van der Waals surface area contributed by atoms with Gasteiger partial charge in [0.05, 0.1) is 56.4 Å². The molecule has 3 aromatic carbocycles. The number of carbonyl (C=O) groups excluding carboxylic acids is 6. The zero-order chi connectivity index (χ0) is 54.7. The summed E-state index contributed by atoms with van der Waals surface area (Å²) in [4.78, 5) is 83.5. The fraction of sp³-hybridized carbons (Fsp3) is 0.567. The lowest BCUT2D eigenvalue weighted by Gasteiger charge is -2.36. The van der Waals surface area contributed by atoms with Crippen molar-refractivity contribution in [2.75, 3.05) is 59.3 Å². The molecule has 5 fully saturated rings. The fourth-order valence-electron chi connectivity index (χ4n) is 11.1. The van der Waals surface area contributed by atoms with Crippen molar-refractivity contribution in [3.8, 4) is 0 Å². The normalized spacial score (nSPS) is 26.7. The molecule has 0 spiro atoms. The largest absolute Gasteiger partial charge is 0.459 e. The van der Waals surface area contributed by atoms with E-state index >= 15 is 0 Å². The van der Waals surface area contributed by atoms with Crippen LogP contribution in [-0.4, -0.2) is 126 Å². The van der Waals surface area contributed by atoms with Gasteiger partial charge in [0.25, 0.3) is 5.91 Å². The number of ether oxygens (including phenoxy) is 6. The molecule has 0 aliphatic carbocycles. The second-order valence-electron chi connectivity index (χ2n) is 23.9. The summed E-state index contributed by atoms with van der Waals surface area (Å²) in [6.07, 6.45) is 2.86. The maximum Gasteiger partial charge on any atom is 0.321 e. The molecule has 406 valence electrons. The maximum absolute atomic E-state index is 13.1. The third-order valence-corrected chi connectivity index (χ3v) is 15.1. The van der Waals surface area contributed by atoms with Crippen LogP contribution in [0.1, 0.15) is 131 Å². The zero-order valence-corrected chi connectivity index (χ0v) is 46.1. The van der Waals surface area contributed by atoms with E-state index in [1.165, 1.54) is 0 Å². The number of amides is 3. The van der Waals surface area contributed by atoms with Gasteiger partial charge >= 0.3 is 17.9 Å². The summed E-state index contributed by atoms with van der Waals surface area (Å²) in [6, 6.07) is 29.3. The van der Waals surface area contributed by atoms with Crippen molar-refractivity contribution >= 4 is 35.6 Å². The number of likely N-dealkylation sites (tertiary alicyclic amines) is 3. The van der Waals surface area contributed by atoms with Crippen molar-refractivity contribution in [2.24, 2.45) is 28.1 Å². The number of nitrogens with zero attached hydrogens (tertiary/aromatic N) is 3. The maximum atomic E-state index is 13.1. The van der Waals surface area contributed by atoms with Crippen LogP contribution >= 0.6 is 0 Å². The highest BCUT2D eigenvalue weighted by Gasteiger charge is 2.62. The molecular formula is C60H79N3O12. The predicted molar refractivity (Wildman–Crippen MR) is 281 cm³/mol. The Balaban J connectivity index is 0.000000164. The van der Waals surface area contributed by atoms with Gasteiger partial charge in [0.15, 0.2) is 0 Å². The van der Waals surface area contributed by atoms with Crippen LogP contribution in [0.3, 0.4) is 0 Å². The highest BCUT2D eigenvalue weighted by molar-refractivity contribution is 6.05. The molecule has 15 nitrogen and oxygen atoms in total. The number of hydrogen-bond donors (Lipinski definition) is 0. The van der Waals surface area contributed by atoms with Crippen LogP contribution in [0.25, 0.3) is 0 Å². The van der Waals surface area contributed by atoms with Gasteiger partial charge in [-0.1, -0.05) is 91.0 Å². The summed E-state index contributed by atoms with van der Waals surface area (Å²) >= 11 is 0. The van der Waals surface area contributed by atoms with E-state index in [1.54, 1.807) is 11.0 Å². The highest BCUT2D eigenvalue weighted by Crippen LogP contribution is 2.49. The van der Waals surface area contributed by atoms with Crippen LogP contribution in [0.4, 0.5) is 0 Å². The molecule has 6 aliphatic heterocycles. The molecule has 5 saturated heterocycles. The van der Waals surface area contributed by atoms with Gasteiger partial charge in [-0.15, -0.1) is 0 Å². The van der Waals surface area contributed by atoms with Gasteiger partial charge in [-0.05, 0) is 119 Å². The fourth-order valence-corrected chi connectivity index (χ4v) is 11.1. The molecule has 8 atom stereocenters. The average molecular weight is 1030 g/mol. The third-order valence-electron chi connectivity index (χ3n) is 15.1. The Morgan fingerprint density at radius 2 is 0.867 bits per heavy atom. The molecular weight excluding hydrogens is 955 g/mol. The Labute approximate surface area is 443 Å². The first-order chi connectivity index (χ1) is 35.2. The Morgan fingerprint density at radius 1 is 0.507 bits per heavy atom. The van der Waals surface area contributed by atoms with Crippen molar-refractivity contribution < 1.29 is 57.2 Å². The minimum Gasteiger partial charge on any atom is -0.459 e. The van der Waals surface area contributed by atoms with E-state index in [4.69, 9.17) is 28.4 Å². The van der Waals surface area contributed by atoms with Gasteiger partial charge in [0, 0.05) is 38.4 Å². The smallest absolute Gasteiger partial charge is 0.321 e. The van der Waals surface area contributed by atoms with Crippen LogP contribution in [0.15, 0.2) is 103 Å². The quantitative estimate of drug-likeness (QED) is 0.148. The van der Waals surface area contributed by atoms with Crippen LogP contribution in [0, 0.1) is 28.1 Å². The molecule has 3 amide bonds. The summed E-state index contributed by atoms with van der Waals surface area (Å²) in [6.45, 7) is 25.6. The number of esters is 3. The van der Waals surface area contributed by atoms with Crippen molar-refractivity contribution in [1.82, 2.24) is 14.7 Å². The van der Waals surface area contributed by atoms with E-state index in [0.29, 0.717) is 51.3 Å². The molecule has 6 heterocycles. The summed E-state index contributed by atoms with van der Waals surface area (Å²) in [5, 5.41) is 0. The van der Waals surface area contributed by atoms with E-state index in [1.807, 2.05) is 184 Å². The molecule has 0 unspecified atom stereocenters. The number of benzene rings is 3. The summed E-state index contributed by atoms with van der Waals surface area (Å²) in [7, 11) is 0. The molecule has 15 heteroatoms. The SMILES string of the molecule is C[C@H](c1ccccc1)N1C[C@]2(C(=O)OC(C)(C)C)COCC=C2C1=O.C[C@H](c1ccccc1)N1C[C@]2(C(=O)OC(C)(C)C)COCC[C@@H]2C1=O.C[C@H](c1ccccc1)N1C[C@]2(C(=O)OC(C)(C)C)COCC[C@H]2C1=O. The Hall–Kier alpha value is -5.90. The Kier molecular flexibility index (Phi) is 16.9. The van der Waals surface area contributed by atoms with Crippen molar-refractivity contribution in [2.45, 2.75) is 131 Å². The monoisotopic (exact) mass is 1030 g/mol. The van der Waals surface area contributed by atoms with Crippen LogP contribution < -0.4 is 0 Å². The minimum atomic E-state index is -1.04. The Bertz CT molecular complexity index is 2450. The molecule has 0 saturated carbocycles. The number of carbonyl (C=O) groups is 6. The second-order valence-corrected chi connectivity index (χ2v) is 23.9. The Morgan fingerprint density at radius 3 is 1.24 bits per heavy atom. The lowest BCUT2D eigenvalue weighted by atomic mass is 9.75. The molecule has 0 bridgehead atoms. The average Bonchev–Trinajstić information content (AvgIpc) is 3.98. The second kappa shape index (κ2) is 22.4. The van der Waals surface area contributed by atoms with E-state index in [0.717, 1.165) is 16.7 Å². The molecule has 3 aromatic rings. The summed E-state index contributed by atoms with van der Waals surface area (Å²) in [5.74, 6) is -1.78. The molecule has 0 aromatic heterocycles. The van der Waals surface area contributed by atoms with Crippen molar-refractivity contribution in [3.05, 3.63) is 119 Å². The zero-order valence-electron chi connectivity index (χ0n) is 46.1. The predicted octanol–water partition coefficient (Wildman–Crippen LogP) is 8.78. The number of rotatable bonds is 9. The van der Waals surface area contributed by atoms with Crippen LogP contribution in [0.5, 0.6) is 0 Å². The topological polar surface area (TPSA) is 168 Å². The lowest BCUT2D eigenvalue weighted by Crippen LogP contribution is -2.49. The van der Waals surface area contributed by atoms with Gasteiger partial charge < -0.3 is 43.1 Å². The van der Waals surface area contributed by atoms with Crippen molar-refractivity contribution in [3.63, 3.8) is 0 Å². The van der Waals surface area contributed by atoms with Crippen LogP contribution in [-0.2, 0) is 57.2 Å². The minimum absolute atomic E-state index is 0.0329. The van der Waals surface area contributed by atoms with E-state index in [9.17, 15) is 28.8 Å². The van der Waals surface area contributed by atoms with Gasteiger partial charge in [-0.2, -0.15) is 0 Å². The summed E-state index contributed by atoms with van der Waals surface area (Å²) < 4.78 is 33.8. The van der Waals surface area contributed by atoms with Gasteiger partial charge in [-0.3, -0.25) is 28.8 Å².